The van der Waals surface area contributed by atoms with Crippen LogP contribution in [0.15, 0.2) is 36.5 Å². The van der Waals surface area contributed by atoms with Crippen molar-refractivity contribution in [3.63, 3.8) is 0 Å². The highest BCUT2D eigenvalue weighted by molar-refractivity contribution is 5.76. The highest BCUT2D eigenvalue weighted by Gasteiger charge is 2.18. The van der Waals surface area contributed by atoms with Gasteiger partial charge < -0.3 is 20.3 Å². The third-order valence-electron chi connectivity index (χ3n) is 17.9. The van der Waals surface area contributed by atoms with Gasteiger partial charge in [-0.3, -0.25) is 9.59 Å². The molecule has 0 aromatic rings. The number of aliphatic hydroxyl groups is 2. The zero-order valence-corrected chi connectivity index (χ0v) is 56.9. The van der Waals surface area contributed by atoms with Crippen LogP contribution in [0.5, 0.6) is 0 Å². The Balaban J connectivity index is 3.38. The zero-order valence-electron chi connectivity index (χ0n) is 56.9. The summed E-state index contributed by atoms with van der Waals surface area (Å²) in [5.41, 5.74) is 0. The molecule has 0 heterocycles. The van der Waals surface area contributed by atoms with Gasteiger partial charge in [-0.25, -0.2) is 0 Å². The topological polar surface area (TPSA) is 95.9 Å². The van der Waals surface area contributed by atoms with Crippen molar-refractivity contribution in [1.29, 1.82) is 0 Å². The molecule has 0 saturated heterocycles. The first-order valence-electron chi connectivity index (χ1n) is 38.3. The molecule has 6 nitrogen and oxygen atoms in total. The Hall–Kier alpha value is -1.92. The molecule has 496 valence electrons. The SMILES string of the molecule is CCCC/C=C\C/C=C\CCCCCCCC(=O)OCCCCCCCCCCCCCCCCCCCCCCCCCCCCCCC(=O)NC(CO)C(O)/C=C/CCCCCCCCCCCCCCCCCCCCCCCCC. The number of nitrogens with one attached hydrogen (secondary N) is 1. The Morgan fingerprint density at radius 2 is 0.607 bits per heavy atom. The van der Waals surface area contributed by atoms with Crippen LogP contribution in [0.1, 0.15) is 425 Å². The fourth-order valence-electron chi connectivity index (χ4n) is 12.1. The zero-order chi connectivity index (χ0) is 60.6. The van der Waals surface area contributed by atoms with E-state index in [9.17, 15) is 19.8 Å². The molecule has 0 aromatic carbocycles. The van der Waals surface area contributed by atoms with Crippen molar-refractivity contribution in [2.75, 3.05) is 13.2 Å². The molecule has 2 unspecified atom stereocenters. The van der Waals surface area contributed by atoms with Crippen molar-refractivity contribution in [3.05, 3.63) is 36.5 Å². The molecule has 6 heteroatoms. The number of aliphatic hydroxyl groups excluding tert-OH is 2. The molecule has 3 N–H and O–H groups in total. The molecule has 0 aliphatic carbocycles. The summed E-state index contributed by atoms with van der Waals surface area (Å²) in [6.07, 6.45) is 95.4. The largest absolute Gasteiger partial charge is 0.466 e. The van der Waals surface area contributed by atoms with Crippen molar-refractivity contribution < 1.29 is 24.5 Å². The molecule has 84 heavy (non-hydrogen) atoms. The lowest BCUT2D eigenvalue weighted by atomic mass is 10.0. The Kier molecular flexibility index (Phi) is 71.9. The number of carbonyl (C=O) groups is 2. The van der Waals surface area contributed by atoms with Crippen LogP contribution in [0.25, 0.3) is 0 Å². The van der Waals surface area contributed by atoms with Gasteiger partial charge in [0, 0.05) is 12.8 Å². The van der Waals surface area contributed by atoms with E-state index in [0.29, 0.717) is 19.4 Å². The van der Waals surface area contributed by atoms with Crippen molar-refractivity contribution >= 4 is 11.9 Å². The molecule has 0 aromatic heterocycles. The Morgan fingerprint density at radius 1 is 0.333 bits per heavy atom. The molecule has 0 bridgehead atoms. The second kappa shape index (κ2) is 73.5. The number of unbranched alkanes of at least 4 members (excludes halogenated alkanes) is 57. The number of carbonyl (C=O) groups excluding carboxylic acids is 2. The number of rotatable bonds is 72. The summed E-state index contributed by atoms with van der Waals surface area (Å²) in [6, 6.07) is -0.627. The molecule has 1 amide bonds. The van der Waals surface area contributed by atoms with Gasteiger partial charge in [-0.05, 0) is 57.8 Å². The molecule has 0 rings (SSSR count). The van der Waals surface area contributed by atoms with Gasteiger partial charge in [0.1, 0.15) is 0 Å². The fraction of sp³-hybridized carbons (Fsp3) is 0.897. The lowest BCUT2D eigenvalue weighted by Gasteiger charge is -2.20. The van der Waals surface area contributed by atoms with Gasteiger partial charge in [0.2, 0.25) is 5.91 Å². The third kappa shape index (κ3) is 69.2. The number of ether oxygens (including phenoxy) is 1. The summed E-state index contributed by atoms with van der Waals surface area (Å²) in [6.45, 7) is 4.90. The van der Waals surface area contributed by atoms with Crippen LogP contribution in [0.4, 0.5) is 0 Å². The van der Waals surface area contributed by atoms with Gasteiger partial charge in [-0.2, -0.15) is 0 Å². The number of esters is 1. The Morgan fingerprint density at radius 3 is 0.940 bits per heavy atom. The molecule has 0 radical (unpaired) electrons. The third-order valence-corrected chi connectivity index (χ3v) is 17.9. The van der Waals surface area contributed by atoms with Gasteiger partial charge in [0.15, 0.2) is 0 Å². The number of hydrogen-bond acceptors (Lipinski definition) is 5. The number of allylic oxidation sites excluding steroid dienone is 5. The van der Waals surface area contributed by atoms with Gasteiger partial charge >= 0.3 is 5.97 Å². The van der Waals surface area contributed by atoms with Gasteiger partial charge in [-0.15, -0.1) is 0 Å². The minimum atomic E-state index is -0.844. The van der Waals surface area contributed by atoms with E-state index in [1.165, 1.54) is 347 Å². The predicted octanol–water partition coefficient (Wildman–Crippen LogP) is 25.0. The average Bonchev–Trinajstić information content (AvgIpc) is 3.51. The van der Waals surface area contributed by atoms with Crippen molar-refractivity contribution in [2.45, 2.75) is 437 Å². The van der Waals surface area contributed by atoms with E-state index in [2.05, 4.69) is 43.5 Å². The van der Waals surface area contributed by atoms with Crippen molar-refractivity contribution in [2.24, 2.45) is 0 Å². The van der Waals surface area contributed by atoms with Crippen LogP contribution in [0.2, 0.25) is 0 Å². The molecular weight excluding hydrogens is 1030 g/mol. The first-order chi connectivity index (χ1) is 41.5. The summed E-state index contributed by atoms with van der Waals surface area (Å²) in [5.74, 6) is -0.0557. The van der Waals surface area contributed by atoms with Gasteiger partial charge in [-0.1, -0.05) is 391 Å². The first-order valence-corrected chi connectivity index (χ1v) is 38.3. The summed E-state index contributed by atoms with van der Waals surface area (Å²) < 4.78 is 5.49. The Labute approximate surface area is 525 Å². The number of hydrogen-bond donors (Lipinski definition) is 3. The van der Waals surface area contributed by atoms with E-state index in [0.717, 1.165) is 51.4 Å². The minimum absolute atomic E-state index is 0.00443. The lowest BCUT2D eigenvalue weighted by Crippen LogP contribution is -2.45. The van der Waals surface area contributed by atoms with Crippen LogP contribution in [-0.2, 0) is 14.3 Å². The van der Waals surface area contributed by atoms with E-state index in [1.54, 1.807) is 6.08 Å². The molecular formula is C78H149NO5. The molecule has 0 aliphatic heterocycles. The van der Waals surface area contributed by atoms with Crippen LogP contribution < -0.4 is 5.32 Å². The van der Waals surface area contributed by atoms with Crippen LogP contribution in [-0.4, -0.2) is 47.4 Å². The molecule has 0 saturated carbocycles. The van der Waals surface area contributed by atoms with Gasteiger partial charge in [0.25, 0.3) is 0 Å². The molecule has 2 atom stereocenters. The average molecular weight is 1180 g/mol. The standard InChI is InChI=1S/C78H149NO5/c1-3-5-7-9-11-13-15-17-19-20-21-22-23-28-31-34-37-40-43-46-50-54-58-62-66-70-76(81)75(74-80)79-77(82)71-67-63-59-55-51-47-44-41-38-35-32-29-26-24-25-27-30-33-36-39-42-45-49-53-57-61-65-69-73-84-78(83)72-68-64-60-56-52-48-18-16-14-12-10-8-6-4-2/h10,12,16,18,66,70,75-76,80-81H,3-9,11,13-15,17,19-65,67-69,71-74H2,1-2H3,(H,79,82)/b12-10-,18-16-,70-66+. The maximum absolute atomic E-state index is 12.6. The first kappa shape index (κ1) is 82.1. The smallest absolute Gasteiger partial charge is 0.305 e. The fourth-order valence-corrected chi connectivity index (χ4v) is 12.1. The normalized spacial score (nSPS) is 12.7. The van der Waals surface area contributed by atoms with E-state index < -0.39 is 12.1 Å². The molecule has 0 spiro atoms. The van der Waals surface area contributed by atoms with E-state index in [4.69, 9.17) is 4.74 Å². The second-order valence-electron chi connectivity index (χ2n) is 26.3. The summed E-state index contributed by atoms with van der Waals surface area (Å²) in [4.78, 5) is 24.6. The summed E-state index contributed by atoms with van der Waals surface area (Å²) >= 11 is 0. The monoisotopic (exact) mass is 1180 g/mol. The maximum Gasteiger partial charge on any atom is 0.305 e. The summed E-state index contributed by atoms with van der Waals surface area (Å²) in [7, 11) is 0. The van der Waals surface area contributed by atoms with E-state index >= 15 is 0 Å². The highest BCUT2D eigenvalue weighted by Crippen LogP contribution is 2.20. The van der Waals surface area contributed by atoms with Crippen molar-refractivity contribution in [1.82, 2.24) is 5.32 Å². The lowest BCUT2D eigenvalue weighted by molar-refractivity contribution is -0.143. The second-order valence-corrected chi connectivity index (χ2v) is 26.3. The van der Waals surface area contributed by atoms with Crippen LogP contribution in [0, 0.1) is 0 Å². The van der Waals surface area contributed by atoms with Crippen LogP contribution >= 0.6 is 0 Å². The van der Waals surface area contributed by atoms with Gasteiger partial charge in [0.05, 0.1) is 25.4 Å². The van der Waals surface area contributed by atoms with E-state index in [1.807, 2.05) is 6.08 Å². The van der Waals surface area contributed by atoms with E-state index in [-0.39, 0.29) is 18.5 Å². The maximum atomic E-state index is 12.6. The number of amides is 1. The molecule has 0 aliphatic rings. The molecule has 0 fully saturated rings. The predicted molar refractivity (Wildman–Crippen MR) is 370 cm³/mol. The summed E-state index contributed by atoms with van der Waals surface area (Å²) in [5, 5.41) is 23.3. The highest BCUT2D eigenvalue weighted by atomic mass is 16.5. The Bertz CT molecular complexity index is 1360. The minimum Gasteiger partial charge on any atom is -0.466 e. The quantitative estimate of drug-likeness (QED) is 0.0320. The van der Waals surface area contributed by atoms with Crippen molar-refractivity contribution in [3.8, 4) is 0 Å². The van der Waals surface area contributed by atoms with Crippen LogP contribution in [0.3, 0.4) is 0 Å².